The van der Waals surface area contributed by atoms with Gasteiger partial charge in [0.15, 0.2) is 0 Å². The van der Waals surface area contributed by atoms with Crippen LogP contribution in [0.1, 0.15) is 43.9 Å². The number of carbonyl (C=O) groups is 4. The molecule has 10 nitrogen and oxygen atoms in total. The molecule has 3 rings (SSSR count). The number of carbonyl (C=O) groups excluding carboxylic acids is 4. The highest BCUT2D eigenvalue weighted by Gasteiger charge is 2.36. The molecular weight excluding hydrogens is 490 g/mol. The molecule has 2 aromatic rings. The van der Waals surface area contributed by atoms with Gasteiger partial charge in [0.2, 0.25) is 5.91 Å². The fourth-order valence-corrected chi connectivity index (χ4v) is 4.11. The Morgan fingerprint density at radius 2 is 1.63 bits per heavy atom. The number of nitrogens with one attached hydrogen (secondary N) is 2. The van der Waals surface area contributed by atoms with Crippen LogP contribution in [-0.2, 0) is 43.4 Å². The van der Waals surface area contributed by atoms with Gasteiger partial charge in [0.1, 0.15) is 18.2 Å². The molecule has 0 aliphatic carbocycles. The van der Waals surface area contributed by atoms with Crippen LogP contribution < -0.4 is 10.6 Å². The summed E-state index contributed by atoms with van der Waals surface area (Å²) in [6.45, 7) is 5.16. The molecule has 1 aliphatic heterocycles. The lowest BCUT2D eigenvalue weighted by Crippen LogP contribution is -2.57. The molecule has 2 N–H and O–H groups in total. The second-order valence-electron chi connectivity index (χ2n) is 10.0. The molecule has 0 bridgehead atoms. The number of hydrogen-bond acceptors (Lipinski definition) is 7. The molecule has 0 saturated heterocycles. The van der Waals surface area contributed by atoms with Gasteiger partial charge in [0.05, 0.1) is 20.1 Å². The summed E-state index contributed by atoms with van der Waals surface area (Å²) in [5.41, 5.74) is 1.98. The topological polar surface area (TPSA) is 123 Å². The van der Waals surface area contributed by atoms with E-state index in [1.807, 2.05) is 54.6 Å². The maximum Gasteiger partial charge on any atom is 0.408 e. The highest BCUT2D eigenvalue weighted by Crippen LogP contribution is 2.26. The van der Waals surface area contributed by atoms with Crippen LogP contribution in [0.3, 0.4) is 0 Å². The third-order valence-electron chi connectivity index (χ3n) is 5.92. The van der Waals surface area contributed by atoms with Crippen LogP contribution in [0.4, 0.5) is 9.59 Å². The highest BCUT2D eigenvalue weighted by atomic mass is 16.6. The number of amides is 3. The second kappa shape index (κ2) is 12.9. The van der Waals surface area contributed by atoms with Crippen LogP contribution in [0.2, 0.25) is 0 Å². The lowest BCUT2D eigenvalue weighted by atomic mass is 9.91. The average molecular weight is 526 g/mol. The summed E-state index contributed by atoms with van der Waals surface area (Å²) in [6, 6.07) is 15.2. The SMILES string of the molecule is COC(=O)C[C@H]1Cc2ccccc2CN1C(=O)[C@H](CNC(=O)OCc1ccccc1)NC(=O)OC(C)(C)C. The molecular formula is C28H35N3O7. The van der Waals surface area contributed by atoms with Crippen LogP contribution >= 0.6 is 0 Å². The van der Waals surface area contributed by atoms with Crippen molar-refractivity contribution in [1.82, 2.24) is 15.5 Å². The van der Waals surface area contributed by atoms with Crippen LogP contribution in [0.15, 0.2) is 54.6 Å². The molecule has 10 heteroatoms. The molecule has 1 aliphatic rings. The molecule has 0 spiro atoms. The monoisotopic (exact) mass is 525 g/mol. The first-order chi connectivity index (χ1) is 18.1. The Balaban J connectivity index is 1.76. The van der Waals surface area contributed by atoms with Crippen molar-refractivity contribution in [2.75, 3.05) is 13.7 Å². The Kier molecular flexibility index (Phi) is 9.70. The van der Waals surface area contributed by atoms with Crippen molar-refractivity contribution in [1.29, 1.82) is 0 Å². The summed E-state index contributed by atoms with van der Waals surface area (Å²) < 4.78 is 15.4. The number of nitrogens with zero attached hydrogens (tertiary/aromatic N) is 1. The zero-order valence-electron chi connectivity index (χ0n) is 22.2. The largest absolute Gasteiger partial charge is 0.469 e. The lowest BCUT2D eigenvalue weighted by molar-refractivity contribution is -0.145. The van der Waals surface area contributed by atoms with Crippen molar-refractivity contribution in [3.8, 4) is 0 Å². The number of ether oxygens (including phenoxy) is 3. The van der Waals surface area contributed by atoms with E-state index >= 15 is 0 Å². The molecule has 3 amide bonds. The molecule has 0 radical (unpaired) electrons. The van der Waals surface area contributed by atoms with Gasteiger partial charge in [0, 0.05) is 12.6 Å². The summed E-state index contributed by atoms with van der Waals surface area (Å²) in [4.78, 5) is 52.5. The van der Waals surface area contributed by atoms with E-state index in [9.17, 15) is 19.2 Å². The average Bonchev–Trinajstić information content (AvgIpc) is 2.88. The molecule has 2 aromatic carbocycles. The fraction of sp³-hybridized carbons (Fsp3) is 0.429. The van der Waals surface area contributed by atoms with E-state index in [1.54, 1.807) is 20.8 Å². The van der Waals surface area contributed by atoms with Crippen molar-refractivity contribution in [2.45, 2.75) is 64.4 Å². The van der Waals surface area contributed by atoms with Crippen LogP contribution in [0.5, 0.6) is 0 Å². The number of alkyl carbamates (subject to hydrolysis) is 2. The fourth-order valence-electron chi connectivity index (χ4n) is 4.11. The summed E-state index contributed by atoms with van der Waals surface area (Å²) in [5.74, 6) is -0.922. The van der Waals surface area contributed by atoms with E-state index < -0.39 is 41.7 Å². The van der Waals surface area contributed by atoms with E-state index in [2.05, 4.69) is 10.6 Å². The molecule has 0 unspecified atom stereocenters. The van der Waals surface area contributed by atoms with Crippen molar-refractivity contribution >= 4 is 24.1 Å². The number of rotatable bonds is 8. The summed E-state index contributed by atoms with van der Waals surface area (Å²) >= 11 is 0. The predicted molar refractivity (Wildman–Crippen MR) is 139 cm³/mol. The molecule has 1 heterocycles. The quantitative estimate of drug-likeness (QED) is 0.400. The van der Waals surface area contributed by atoms with Crippen LogP contribution in [0.25, 0.3) is 0 Å². The van der Waals surface area contributed by atoms with Gasteiger partial charge in [-0.15, -0.1) is 0 Å². The third-order valence-corrected chi connectivity index (χ3v) is 5.92. The summed E-state index contributed by atoms with van der Waals surface area (Å²) in [5, 5.41) is 5.13. The standard InChI is InChI=1S/C28H35N3O7/c1-28(2,3)38-27(35)30-23(16-29-26(34)37-18-19-10-6-5-7-11-19)25(33)31-17-21-13-9-8-12-20(21)14-22(31)15-24(32)36-4/h5-13,22-23H,14-18H2,1-4H3,(H,29,34)(H,30,35)/t22-,23+/m1/s1. The smallest absolute Gasteiger partial charge is 0.408 e. The van der Waals surface area contributed by atoms with Gasteiger partial charge in [-0.05, 0) is 43.9 Å². The number of methoxy groups -OCH3 is 1. The predicted octanol–water partition coefficient (Wildman–Crippen LogP) is 3.32. The van der Waals surface area contributed by atoms with Gasteiger partial charge in [-0.25, -0.2) is 9.59 Å². The van der Waals surface area contributed by atoms with Gasteiger partial charge >= 0.3 is 18.2 Å². The van der Waals surface area contributed by atoms with Gasteiger partial charge in [-0.3, -0.25) is 9.59 Å². The first-order valence-corrected chi connectivity index (χ1v) is 12.4. The maximum atomic E-state index is 13.8. The molecule has 204 valence electrons. The molecule has 0 aromatic heterocycles. The molecule has 2 atom stereocenters. The van der Waals surface area contributed by atoms with Gasteiger partial charge < -0.3 is 29.7 Å². The first kappa shape index (κ1) is 28.5. The number of hydrogen-bond donors (Lipinski definition) is 2. The Morgan fingerprint density at radius 1 is 0.974 bits per heavy atom. The minimum Gasteiger partial charge on any atom is -0.469 e. The molecule has 0 saturated carbocycles. The Hall–Kier alpha value is -4.08. The number of benzene rings is 2. The zero-order chi connectivity index (χ0) is 27.7. The zero-order valence-corrected chi connectivity index (χ0v) is 22.2. The maximum absolute atomic E-state index is 13.8. The highest BCUT2D eigenvalue weighted by molar-refractivity contribution is 5.87. The third kappa shape index (κ3) is 8.50. The minimum absolute atomic E-state index is 0.0116. The van der Waals surface area contributed by atoms with E-state index in [0.717, 1.165) is 16.7 Å². The van der Waals surface area contributed by atoms with Crippen LogP contribution in [-0.4, -0.2) is 60.3 Å². The molecule has 0 fully saturated rings. The van der Waals surface area contributed by atoms with Gasteiger partial charge in [-0.2, -0.15) is 0 Å². The van der Waals surface area contributed by atoms with E-state index in [4.69, 9.17) is 14.2 Å². The first-order valence-electron chi connectivity index (χ1n) is 12.4. The van der Waals surface area contributed by atoms with Gasteiger partial charge in [-0.1, -0.05) is 54.6 Å². The number of fused-ring (bicyclic) bond motifs is 1. The lowest BCUT2D eigenvalue weighted by Gasteiger charge is -2.38. The van der Waals surface area contributed by atoms with Crippen molar-refractivity contribution in [2.24, 2.45) is 0 Å². The Bertz CT molecular complexity index is 1130. The Morgan fingerprint density at radius 3 is 2.29 bits per heavy atom. The van der Waals surface area contributed by atoms with E-state index in [0.29, 0.717) is 6.42 Å². The summed E-state index contributed by atoms with van der Waals surface area (Å²) in [7, 11) is 1.29. The van der Waals surface area contributed by atoms with E-state index in [1.165, 1.54) is 12.0 Å². The molecule has 38 heavy (non-hydrogen) atoms. The minimum atomic E-state index is -1.17. The summed E-state index contributed by atoms with van der Waals surface area (Å²) in [6.07, 6.45) is -1.12. The van der Waals surface area contributed by atoms with Crippen molar-refractivity contribution < 1.29 is 33.4 Å². The Labute approximate surface area is 222 Å². The van der Waals surface area contributed by atoms with Gasteiger partial charge in [0.25, 0.3) is 0 Å². The van der Waals surface area contributed by atoms with Crippen molar-refractivity contribution in [3.05, 3.63) is 71.3 Å². The van der Waals surface area contributed by atoms with E-state index in [-0.39, 0.29) is 26.1 Å². The normalized spacial score (nSPS) is 15.5. The number of esters is 1. The second-order valence-corrected chi connectivity index (χ2v) is 10.0. The van der Waals surface area contributed by atoms with Crippen LogP contribution in [0, 0.1) is 0 Å². The van der Waals surface area contributed by atoms with Crippen molar-refractivity contribution in [3.63, 3.8) is 0 Å².